The number of hydrogen-bond donors (Lipinski definition) is 0. The number of rotatable bonds is 6. The maximum absolute atomic E-state index is 12.8. The molecule has 0 radical (unpaired) electrons. The molecule has 30 heavy (non-hydrogen) atoms. The maximum atomic E-state index is 12.8. The summed E-state index contributed by atoms with van der Waals surface area (Å²) in [4.78, 5) is 25.5. The SMILES string of the molecule is COc1cc(S(=O)(=O)CCC(=O)N2CC3CCC(C2)N3c2ccc(C)cn2)ccn1. The molecule has 2 atom stereocenters. The first-order valence-electron chi connectivity index (χ1n) is 10.1. The van der Waals surface area contributed by atoms with Crippen molar-refractivity contribution in [3.05, 3.63) is 42.2 Å². The highest BCUT2D eigenvalue weighted by Crippen LogP contribution is 2.34. The molecule has 2 aromatic rings. The van der Waals surface area contributed by atoms with Gasteiger partial charge in [0.05, 0.1) is 17.8 Å². The fourth-order valence-electron chi connectivity index (χ4n) is 4.29. The molecule has 1 amide bonds. The van der Waals surface area contributed by atoms with Crippen molar-refractivity contribution in [1.82, 2.24) is 14.9 Å². The van der Waals surface area contributed by atoms with Crippen LogP contribution in [0.4, 0.5) is 5.82 Å². The molecule has 2 unspecified atom stereocenters. The summed E-state index contributed by atoms with van der Waals surface area (Å²) in [6.45, 7) is 3.22. The van der Waals surface area contributed by atoms with E-state index in [2.05, 4.69) is 20.9 Å². The van der Waals surface area contributed by atoms with Crippen molar-refractivity contribution in [2.75, 3.05) is 30.9 Å². The number of piperazine rings is 1. The lowest BCUT2D eigenvalue weighted by Gasteiger charge is -2.41. The zero-order valence-corrected chi connectivity index (χ0v) is 18.0. The van der Waals surface area contributed by atoms with Crippen molar-refractivity contribution < 1.29 is 17.9 Å². The number of amides is 1. The highest BCUT2D eigenvalue weighted by molar-refractivity contribution is 7.91. The van der Waals surface area contributed by atoms with E-state index < -0.39 is 9.84 Å². The average Bonchev–Trinajstić information content (AvgIpc) is 3.01. The Labute approximate surface area is 176 Å². The number of nitrogens with zero attached hydrogens (tertiary/aromatic N) is 4. The third kappa shape index (κ3) is 4.12. The van der Waals surface area contributed by atoms with Gasteiger partial charge in [-0.1, -0.05) is 6.07 Å². The van der Waals surface area contributed by atoms with Crippen LogP contribution < -0.4 is 9.64 Å². The van der Waals surface area contributed by atoms with Crippen molar-refractivity contribution in [3.8, 4) is 5.88 Å². The summed E-state index contributed by atoms with van der Waals surface area (Å²) >= 11 is 0. The number of aromatic nitrogens is 2. The first kappa shape index (κ1) is 20.6. The van der Waals surface area contributed by atoms with Crippen LogP contribution in [0.1, 0.15) is 24.8 Å². The minimum atomic E-state index is -3.58. The van der Waals surface area contributed by atoms with Gasteiger partial charge in [0, 0.05) is 50.1 Å². The number of carbonyl (C=O) groups excluding carboxylic acids is 1. The molecule has 0 saturated carbocycles. The number of aryl methyl sites for hydroxylation is 1. The van der Waals surface area contributed by atoms with Crippen LogP contribution >= 0.6 is 0 Å². The average molecular weight is 431 g/mol. The van der Waals surface area contributed by atoms with Crippen LogP contribution in [0, 0.1) is 6.92 Å². The lowest BCUT2D eigenvalue weighted by atomic mass is 10.1. The molecule has 4 rings (SSSR count). The van der Waals surface area contributed by atoms with Crippen molar-refractivity contribution in [1.29, 1.82) is 0 Å². The number of carbonyl (C=O) groups is 1. The van der Waals surface area contributed by atoms with E-state index in [4.69, 9.17) is 4.74 Å². The number of fused-ring (bicyclic) bond motifs is 2. The Morgan fingerprint density at radius 2 is 1.90 bits per heavy atom. The molecule has 2 aromatic heterocycles. The second-order valence-electron chi connectivity index (χ2n) is 7.89. The number of likely N-dealkylation sites (tertiary alicyclic amines) is 1. The van der Waals surface area contributed by atoms with E-state index in [1.165, 1.54) is 25.4 Å². The van der Waals surface area contributed by atoms with Gasteiger partial charge >= 0.3 is 0 Å². The van der Waals surface area contributed by atoms with Crippen molar-refractivity contribution >= 4 is 21.6 Å². The van der Waals surface area contributed by atoms with Gasteiger partial charge in [-0.25, -0.2) is 18.4 Å². The molecule has 8 nitrogen and oxygen atoms in total. The minimum absolute atomic E-state index is 0.0325. The van der Waals surface area contributed by atoms with Crippen LogP contribution in [0.15, 0.2) is 41.6 Å². The van der Waals surface area contributed by atoms with E-state index in [1.54, 1.807) is 0 Å². The second-order valence-corrected chi connectivity index (χ2v) is 10.00. The van der Waals surface area contributed by atoms with E-state index in [0.717, 1.165) is 24.2 Å². The lowest BCUT2D eigenvalue weighted by Crippen LogP contribution is -2.55. The summed E-state index contributed by atoms with van der Waals surface area (Å²) in [6.07, 6.45) is 5.25. The molecule has 4 heterocycles. The number of hydrogen-bond acceptors (Lipinski definition) is 7. The van der Waals surface area contributed by atoms with Crippen LogP contribution in [-0.4, -0.2) is 67.2 Å². The van der Waals surface area contributed by atoms with Crippen LogP contribution in [0.25, 0.3) is 0 Å². The van der Waals surface area contributed by atoms with Crippen LogP contribution in [0.5, 0.6) is 5.88 Å². The normalized spacial score (nSPS) is 21.0. The molecule has 0 aliphatic carbocycles. The van der Waals surface area contributed by atoms with Gasteiger partial charge in [0.1, 0.15) is 5.82 Å². The Bertz CT molecular complexity index is 1010. The van der Waals surface area contributed by atoms with Crippen LogP contribution in [0.3, 0.4) is 0 Å². The number of ether oxygens (including phenoxy) is 1. The Morgan fingerprint density at radius 1 is 1.17 bits per heavy atom. The predicted octanol–water partition coefficient (Wildman–Crippen LogP) is 1.84. The molecule has 2 fully saturated rings. The highest BCUT2D eigenvalue weighted by atomic mass is 32.2. The summed E-state index contributed by atoms with van der Waals surface area (Å²) in [5, 5.41) is 0. The molecular formula is C21H26N4O4S. The fourth-order valence-corrected chi connectivity index (χ4v) is 5.52. The van der Waals surface area contributed by atoms with Gasteiger partial charge in [0.25, 0.3) is 0 Å². The maximum Gasteiger partial charge on any atom is 0.223 e. The van der Waals surface area contributed by atoms with Gasteiger partial charge in [0.2, 0.25) is 11.8 Å². The number of anilines is 1. The van der Waals surface area contributed by atoms with E-state index >= 15 is 0 Å². The van der Waals surface area contributed by atoms with E-state index in [-0.39, 0.29) is 40.9 Å². The van der Waals surface area contributed by atoms with Gasteiger partial charge < -0.3 is 14.5 Å². The molecule has 0 N–H and O–H groups in total. The molecule has 9 heteroatoms. The smallest absolute Gasteiger partial charge is 0.223 e. The zero-order chi connectivity index (χ0) is 21.3. The highest BCUT2D eigenvalue weighted by Gasteiger charge is 2.41. The number of methoxy groups -OCH3 is 1. The Balaban J connectivity index is 1.39. The Morgan fingerprint density at radius 3 is 2.53 bits per heavy atom. The monoisotopic (exact) mass is 430 g/mol. The number of pyridine rings is 2. The van der Waals surface area contributed by atoms with Crippen LogP contribution in [0.2, 0.25) is 0 Å². The molecule has 0 aromatic carbocycles. The molecule has 160 valence electrons. The second kappa shape index (κ2) is 8.22. The predicted molar refractivity (Wildman–Crippen MR) is 112 cm³/mol. The van der Waals surface area contributed by atoms with Crippen LogP contribution in [-0.2, 0) is 14.6 Å². The molecule has 2 aliphatic rings. The topological polar surface area (TPSA) is 92.7 Å². The molecule has 2 aliphatic heterocycles. The van der Waals surface area contributed by atoms with Crippen molar-refractivity contribution in [2.24, 2.45) is 0 Å². The summed E-state index contributed by atoms with van der Waals surface area (Å²) in [7, 11) is -2.15. The largest absolute Gasteiger partial charge is 0.481 e. The minimum Gasteiger partial charge on any atom is -0.481 e. The van der Waals surface area contributed by atoms with Gasteiger partial charge in [-0.05, 0) is 37.5 Å². The molecular weight excluding hydrogens is 404 g/mol. The molecule has 2 saturated heterocycles. The lowest BCUT2D eigenvalue weighted by molar-refractivity contribution is -0.131. The fraction of sp³-hybridized carbons (Fsp3) is 0.476. The van der Waals surface area contributed by atoms with Gasteiger partial charge in [-0.15, -0.1) is 0 Å². The van der Waals surface area contributed by atoms with Gasteiger partial charge in [-0.3, -0.25) is 4.79 Å². The molecule has 0 spiro atoms. The quantitative estimate of drug-likeness (QED) is 0.690. The van der Waals surface area contributed by atoms with E-state index in [0.29, 0.717) is 13.1 Å². The standard InChI is InChI=1S/C21H26N4O4S/c1-15-3-6-19(23-12-15)25-16-4-5-17(25)14-24(13-16)21(26)8-10-30(27,28)18-7-9-22-20(11-18)29-2/h3,6-7,9,11-12,16-17H,4-5,8,10,13-14H2,1-2H3. The number of sulfone groups is 1. The van der Waals surface area contributed by atoms with Gasteiger partial charge in [0.15, 0.2) is 9.84 Å². The van der Waals surface area contributed by atoms with Crippen molar-refractivity contribution in [2.45, 2.75) is 43.2 Å². The zero-order valence-electron chi connectivity index (χ0n) is 17.2. The summed E-state index contributed by atoms with van der Waals surface area (Å²) < 4.78 is 30.2. The summed E-state index contributed by atoms with van der Waals surface area (Å²) in [6, 6.07) is 7.35. The first-order chi connectivity index (χ1) is 14.4. The third-order valence-corrected chi connectivity index (χ3v) is 7.57. The van der Waals surface area contributed by atoms with Gasteiger partial charge in [-0.2, -0.15) is 0 Å². The Hall–Kier alpha value is -2.68. The Kier molecular flexibility index (Phi) is 5.64. The summed E-state index contributed by atoms with van der Waals surface area (Å²) in [5.74, 6) is 0.843. The third-order valence-electron chi connectivity index (χ3n) is 5.85. The first-order valence-corrected chi connectivity index (χ1v) is 11.7. The van der Waals surface area contributed by atoms with E-state index in [1.807, 2.05) is 24.1 Å². The van der Waals surface area contributed by atoms with Crippen molar-refractivity contribution in [3.63, 3.8) is 0 Å². The summed E-state index contributed by atoms with van der Waals surface area (Å²) in [5.41, 5.74) is 1.12. The molecule has 2 bridgehead atoms. The van der Waals surface area contributed by atoms with E-state index in [9.17, 15) is 13.2 Å².